The van der Waals surface area contributed by atoms with E-state index in [9.17, 15) is 0 Å². The number of nitrogens with zero attached hydrogens (tertiary/aromatic N) is 1. The molecule has 3 aliphatic carbocycles. The third-order valence-corrected chi connectivity index (χ3v) is 7.51. The lowest BCUT2D eigenvalue weighted by Gasteiger charge is -2.43. The van der Waals surface area contributed by atoms with Crippen molar-refractivity contribution >= 4 is 0 Å². The summed E-state index contributed by atoms with van der Waals surface area (Å²) in [6.45, 7) is 2.19. The van der Waals surface area contributed by atoms with Crippen molar-refractivity contribution < 1.29 is 0 Å². The molecule has 4 aliphatic rings. The fourth-order valence-corrected chi connectivity index (χ4v) is 6.67. The average molecular weight is 302 g/mol. The number of allylic oxidation sites excluding steroid dienone is 2. The van der Waals surface area contributed by atoms with E-state index in [0.717, 1.165) is 35.9 Å². The van der Waals surface area contributed by atoms with Crippen LogP contribution in [0.15, 0.2) is 12.2 Å². The van der Waals surface area contributed by atoms with Crippen molar-refractivity contribution in [2.75, 3.05) is 0 Å². The molecule has 3 saturated carbocycles. The molecule has 1 nitrogen and oxygen atoms in total. The van der Waals surface area contributed by atoms with Crippen LogP contribution < -0.4 is 0 Å². The molecule has 0 aromatic heterocycles. The predicted octanol–water partition coefficient (Wildman–Crippen LogP) is 5.55. The molecule has 0 N–H and O–H groups in total. The van der Waals surface area contributed by atoms with Gasteiger partial charge < -0.3 is 0 Å². The molecule has 1 aliphatic heterocycles. The van der Waals surface area contributed by atoms with E-state index in [1.165, 1.54) is 64.2 Å². The molecule has 4 fully saturated rings. The van der Waals surface area contributed by atoms with Crippen molar-refractivity contribution in [1.29, 1.82) is 0 Å². The van der Waals surface area contributed by atoms with Gasteiger partial charge in [0.15, 0.2) is 0 Å². The highest BCUT2D eigenvalue weighted by Crippen LogP contribution is 2.51. The maximum absolute atomic E-state index is 3.12. The van der Waals surface area contributed by atoms with Crippen LogP contribution in [0.2, 0.25) is 0 Å². The zero-order valence-electron chi connectivity index (χ0n) is 14.6. The van der Waals surface area contributed by atoms with Gasteiger partial charge in [0, 0.05) is 18.1 Å². The summed E-state index contributed by atoms with van der Waals surface area (Å²) in [5, 5.41) is 0. The summed E-state index contributed by atoms with van der Waals surface area (Å²) in [5.41, 5.74) is 0. The lowest BCUT2D eigenvalue weighted by Crippen LogP contribution is -2.48. The summed E-state index contributed by atoms with van der Waals surface area (Å²) in [5.74, 6) is 3.03. The fraction of sp³-hybridized carbons (Fsp3) is 0.905. The largest absolute Gasteiger partial charge is 0.294 e. The summed E-state index contributed by atoms with van der Waals surface area (Å²) in [6.07, 6.45) is 22.8. The molecule has 124 valence electrons. The molecule has 1 saturated heterocycles. The van der Waals surface area contributed by atoms with Gasteiger partial charge in [-0.3, -0.25) is 4.90 Å². The Kier molecular flexibility index (Phi) is 4.62. The Bertz CT molecular complexity index is 371. The molecule has 0 spiro atoms. The predicted molar refractivity (Wildman–Crippen MR) is 93.9 cm³/mol. The number of likely N-dealkylation sites (tertiary alicyclic amines) is 1. The monoisotopic (exact) mass is 301 g/mol. The normalized spacial score (nSPS) is 46.6. The van der Waals surface area contributed by atoms with Crippen molar-refractivity contribution in [1.82, 2.24) is 4.90 Å². The molecule has 0 amide bonds. The first-order chi connectivity index (χ1) is 10.9. The molecule has 0 bridgehead atoms. The molecular formula is C21H35N. The highest BCUT2D eigenvalue weighted by atomic mass is 15.3. The van der Waals surface area contributed by atoms with E-state index in [-0.39, 0.29) is 0 Å². The van der Waals surface area contributed by atoms with Gasteiger partial charge >= 0.3 is 0 Å². The van der Waals surface area contributed by atoms with Gasteiger partial charge in [0.25, 0.3) is 0 Å². The number of fused-ring (bicyclic) bond motifs is 3. The molecule has 4 unspecified atom stereocenters. The summed E-state index contributed by atoms with van der Waals surface area (Å²) in [6, 6.07) is 2.88. The first-order valence-corrected chi connectivity index (χ1v) is 10.3. The maximum Gasteiger partial charge on any atom is 0.0133 e. The second-order valence-electron chi connectivity index (χ2n) is 8.57. The minimum absolute atomic E-state index is 0.883. The van der Waals surface area contributed by atoms with Crippen molar-refractivity contribution in [2.45, 2.75) is 102 Å². The highest BCUT2D eigenvalue weighted by molar-refractivity contribution is 5.05. The maximum atomic E-state index is 3.12. The van der Waals surface area contributed by atoms with E-state index in [0.29, 0.717) is 0 Å². The second kappa shape index (κ2) is 6.67. The van der Waals surface area contributed by atoms with Crippen molar-refractivity contribution in [3.63, 3.8) is 0 Å². The molecule has 0 aromatic carbocycles. The second-order valence-corrected chi connectivity index (χ2v) is 8.57. The Morgan fingerprint density at radius 2 is 1.23 bits per heavy atom. The Labute approximate surface area is 137 Å². The summed E-state index contributed by atoms with van der Waals surface area (Å²) in [7, 11) is 0. The molecule has 1 heteroatoms. The van der Waals surface area contributed by atoms with Crippen LogP contribution in [-0.4, -0.2) is 23.0 Å². The van der Waals surface area contributed by atoms with Gasteiger partial charge in [-0.2, -0.15) is 0 Å². The zero-order valence-corrected chi connectivity index (χ0v) is 14.6. The van der Waals surface area contributed by atoms with Crippen molar-refractivity contribution in [3.05, 3.63) is 12.2 Å². The fourth-order valence-electron chi connectivity index (χ4n) is 6.67. The Hall–Kier alpha value is -0.300. The molecule has 0 aromatic rings. The summed E-state index contributed by atoms with van der Waals surface area (Å²) < 4.78 is 0. The van der Waals surface area contributed by atoms with Gasteiger partial charge in [-0.15, -0.1) is 0 Å². The first kappa shape index (κ1) is 15.2. The third kappa shape index (κ3) is 2.68. The van der Waals surface area contributed by atoms with Gasteiger partial charge in [0.1, 0.15) is 0 Å². The first-order valence-electron chi connectivity index (χ1n) is 10.3. The summed E-state index contributed by atoms with van der Waals surface area (Å²) >= 11 is 0. The van der Waals surface area contributed by atoms with Crippen LogP contribution in [0.1, 0.15) is 84.0 Å². The molecule has 4 rings (SSSR count). The Morgan fingerprint density at radius 1 is 0.682 bits per heavy atom. The molecule has 22 heavy (non-hydrogen) atoms. The highest BCUT2D eigenvalue weighted by Gasteiger charge is 2.51. The molecule has 1 heterocycles. The van der Waals surface area contributed by atoms with Crippen LogP contribution in [0.5, 0.6) is 0 Å². The van der Waals surface area contributed by atoms with Crippen LogP contribution in [0.3, 0.4) is 0 Å². The van der Waals surface area contributed by atoms with E-state index in [4.69, 9.17) is 0 Å². The molecular weight excluding hydrogens is 266 g/mol. The van der Waals surface area contributed by atoms with Crippen molar-refractivity contribution in [2.24, 2.45) is 17.8 Å². The van der Waals surface area contributed by atoms with Gasteiger partial charge in [-0.05, 0) is 76.0 Å². The zero-order chi connectivity index (χ0) is 14.9. The topological polar surface area (TPSA) is 3.24 Å². The van der Waals surface area contributed by atoms with E-state index in [2.05, 4.69) is 24.0 Å². The number of hydrogen-bond acceptors (Lipinski definition) is 1. The van der Waals surface area contributed by atoms with Crippen LogP contribution in [0.25, 0.3) is 0 Å². The standard InChI is InChI=1S/C21H35N/c1-2-7-16-12-14-17(15-13-16)22-20-10-5-3-8-18(20)19-9-4-6-11-21(19)22/h2,7,16-21H,3-6,8-15H2,1H3. The third-order valence-electron chi connectivity index (χ3n) is 7.51. The van der Waals surface area contributed by atoms with Crippen LogP contribution in [0.4, 0.5) is 0 Å². The lowest BCUT2D eigenvalue weighted by molar-refractivity contribution is 0.0597. The van der Waals surface area contributed by atoms with Crippen LogP contribution in [0, 0.1) is 17.8 Å². The van der Waals surface area contributed by atoms with E-state index >= 15 is 0 Å². The summed E-state index contributed by atoms with van der Waals surface area (Å²) in [4.78, 5) is 3.12. The molecule has 0 radical (unpaired) electrons. The van der Waals surface area contributed by atoms with E-state index in [1.807, 2.05) is 0 Å². The minimum atomic E-state index is 0.883. The van der Waals surface area contributed by atoms with Crippen LogP contribution >= 0.6 is 0 Å². The lowest BCUT2D eigenvalue weighted by atomic mass is 9.73. The minimum Gasteiger partial charge on any atom is -0.294 e. The SMILES string of the molecule is CC=CC1CCC(N2C3CCCCC3C3CCCCC32)CC1. The van der Waals surface area contributed by atoms with Crippen LogP contribution in [-0.2, 0) is 0 Å². The number of rotatable bonds is 2. The quantitative estimate of drug-likeness (QED) is 0.604. The van der Waals surface area contributed by atoms with Gasteiger partial charge in [-0.1, -0.05) is 37.8 Å². The van der Waals surface area contributed by atoms with E-state index < -0.39 is 0 Å². The Morgan fingerprint density at radius 3 is 1.77 bits per heavy atom. The van der Waals surface area contributed by atoms with E-state index in [1.54, 1.807) is 12.8 Å². The number of hydrogen-bond donors (Lipinski definition) is 0. The Balaban J connectivity index is 1.49. The molecule has 4 atom stereocenters. The average Bonchev–Trinajstić information content (AvgIpc) is 2.91. The smallest absolute Gasteiger partial charge is 0.0133 e. The van der Waals surface area contributed by atoms with Gasteiger partial charge in [0.2, 0.25) is 0 Å². The van der Waals surface area contributed by atoms with Gasteiger partial charge in [0.05, 0.1) is 0 Å². The van der Waals surface area contributed by atoms with Crippen molar-refractivity contribution in [3.8, 4) is 0 Å². The van der Waals surface area contributed by atoms with Gasteiger partial charge in [-0.25, -0.2) is 0 Å².